The average molecular weight is 518 g/mol. The van der Waals surface area contributed by atoms with Crippen molar-refractivity contribution in [1.82, 2.24) is 0 Å². The van der Waals surface area contributed by atoms with Crippen LogP contribution in [0.4, 0.5) is 22.0 Å². The molecule has 4 aliphatic carbocycles. The molecule has 2 fully saturated rings. The molecule has 0 aromatic heterocycles. The van der Waals surface area contributed by atoms with E-state index in [4.69, 9.17) is 5.26 Å². The Balaban J connectivity index is 1.67. The van der Waals surface area contributed by atoms with E-state index in [9.17, 15) is 23.1 Å². The summed E-state index contributed by atoms with van der Waals surface area (Å²) >= 11 is 0. The van der Waals surface area contributed by atoms with Gasteiger partial charge in [-0.15, -0.1) is 0 Å². The lowest BCUT2D eigenvalue weighted by Gasteiger charge is -2.56. The molecule has 0 saturated heterocycles. The van der Waals surface area contributed by atoms with Crippen LogP contribution in [0.2, 0.25) is 0 Å². The summed E-state index contributed by atoms with van der Waals surface area (Å²) in [5.74, 6) is -6.45. The van der Waals surface area contributed by atoms with E-state index in [0.29, 0.717) is 25.7 Å². The summed E-state index contributed by atoms with van der Waals surface area (Å²) in [7, 11) is 0. The summed E-state index contributed by atoms with van der Waals surface area (Å²) in [4.78, 5) is 12.1. The van der Waals surface area contributed by atoms with Crippen molar-refractivity contribution in [1.29, 1.82) is 5.26 Å². The quantitative estimate of drug-likeness (QED) is 0.345. The zero-order valence-electron chi connectivity index (χ0n) is 20.4. The van der Waals surface area contributed by atoms with Gasteiger partial charge in [-0.05, 0) is 84.8 Å². The third kappa shape index (κ3) is 3.72. The number of aliphatic hydroxyl groups is 1. The minimum absolute atomic E-state index is 0.0451. The summed E-state index contributed by atoms with van der Waals surface area (Å²) in [5, 5.41) is 20.1. The zero-order valence-corrected chi connectivity index (χ0v) is 20.4. The molecule has 1 N–H and O–H groups in total. The van der Waals surface area contributed by atoms with Crippen LogP contribution in [0.3, 0.4) is 0 Å². The van der Waals surface area contributed by atoms with Crippen LogP contribution in [0.15, 0.2) is 53.1 Å². The number of benzene rings is 1. The fourth-order valence-electron chi connectivity index (χ4n) is 7.69. The predicted molar refractivity (Wildman–Crippen MR) is 127 cm³/mol. The summed E-state index contributed by atoms with van der Waals surface area (Å²) in [6.07, 6.45) is 0.155. The molecule has 3 nitrogen and oxygen atoms in total. The Morgan fingerprint density at radius 3 is 2.43 bits per heavy atom. The van der Waals surface area contributed by atoms with Gasteiger partial charge in [-0.1, -0.05) is 36.8 Å². The van der Waals surface area contributed by atoms with Gasteiger partial charge < -0.3 is 5.11 Å². The molecular weight excluding hydrogens is 489 g/mol. The second-order valence-electron chi connectivity index (χ2n) is 11.1. The standard InChI is InChI=1S/C29H28F5NO2/c1-26-16-23(18-6-4-17(5-7-18)3-2-14-35)25-21-11-9-20(36)15-19(21)8-10-22(25)24(26)12-13-27(26,37)28(30,31)29(32,33)34/h2-7,15,22-24,37H,8-13,16H2,1H3/b3-2+/t22?,23-,24?,26+,27?/m1/s1. The predicted octanol–water partition coefficient (Wildman–Crippen LogP) is 7.05. The first-order valence-electron chi connectivity index (χ1n) is 12.6. The number of nitrogens with zero attached hydrogens (tertiary/aromatic N) is 1. The SMILES string of the molecule is C[C@]12C[C@H](c3ccc(/C=C/C#N)cc3)C3=C4CCC(=O)C=C4CCC3C1CCC2(O)C(F)(F)C(F)(F)F. The van der Waals surface area contributed by atoms with Crippen LogP contribution < -0.4 is 0 Å². The molecule has 196 valence electrons. The number of alkyl halides is 5. The summed E-state index contributed by atoms with van der Waals surface area (Å²) in [6, 6.07) is 9.12. The molecule has 5 rings (SSSR count). The van der Waals surface area contributed by atoms with Gasteiger partial charge in [-0.3, -0.25) is 4.79 Å². The molecule has 1 aromatic carbocycles. The van der Waals surface area contributed by atoms with Crippen molar-refractivity contribution < 1.29 is 31.9 Å². The number of hydrogen-bond acceptors (Lipinski definition) is 3. The molecule has 5 atom stereocenters. The number of nitriles is 1. The molecule has 1 aromatic rings. The molecule has 0 spiro atoms. The number of ketones is 1. The van der Waals surface area contributed by atoms with Crippen LogP contribution in [0, 0.1) is 28.6 Å². The van der Waals surface area contributed by atoms with E-state index < -0.39 is 41.4 Å². The Kier molecular flexibility index (Phi) is 6.02. The maximum atomic E-state index is 15.0. The highest BCUT2D eigenvalue weighted by Crippen LogP contribution is 2.70. The third-order valence-corrected chi connectivity index (χ3v) is 9.45. The molecule has 0 amide bonds. The monoisotopic (exact) mass is 517 g/mol. The lowest BCUT2D eigenvalue weighted by atomic mass is 9.50. The van der Waals surface area contributed by atoms with Gasteiger partial charge in [0.15, 0.2) is 5.78 Å². The largest absolute Gasteiger partial charge is 0.456 e. The Hall–Kier alpha value is -2.79. The molecule has 0 bridgehead atoms. The lowest BCUT2D eigenvalue weighted by molar-refractivity contribution is -0.362. The highest BCUT2D eigenvalue weighted by atomic mass is 19.4. The summed E-state index contributed by atoms with van der Waals surface area (Å²) < 4.78 is 70.9. The summed E-state index contributed by atoms with van der Waals surface area (Å²) in [6.45, 7) is 1.42. The van der Waals surface area contributed by atoms with Gasteiger partial charge in [0.05, 0.1) is 6.07 Å². The molecule has 0 radical (unpaired) electrons. The summed E-state index contributed by atoms with van der Waals surface area (Å²) in [5.41, 5.74) is -0.348. The first kappa shape index (κ1) is 25.8. The van der Waals surface area contributed by atoms with Crippen LogP contribution in [-0.2, 0) is 4.79 Å². The van der Waals surface area contributed by atoms with Crippen molar-refractivity contribution in [2.45, 2.75) is 75.5 Å². The molecule has 37 heavy (non-hydrogen) atoms. The first-order valence-corrected chi connectivity index (χ1v) is 12.6. The van der Waals surface area contributed by atoms with E-state index >= 15 is 8.78 Å². The van der Waals surface area contributed by atoms with E-state index in [0.717, 1.165) is 27.8 Å². The van der Waals surface area contributed by atoms with Crippen molar-refractivity contribution >= 4 is 11.9 Å². The van der Waals surface area contributed by atoms with E-state index in [1.165, 1.54) is 13.0 Å². The maximum absolute atomic E-state index is 15.0. The Bertz CT molecular complexity index is 1250. The minimum atomic E-state index is -5.87. The number of carbonyl (C=O) groups is 1. The zero-order chi connectivity index (χ0) is 26.8. The number of carbonyl (C=O) groups excluding carboxylic acids is 1. The molecule has 0 aliphatic heterocycles. The number of halogens is 5. The third-order valence-electron chi connectivity index (χ3n) is 9.45. The van der Waals surface area contributed by atoms with E-state index in [1.807, 2.05) is 18.2 Å². The molecule has 4 aliphatic rings. The number of fused-ring (bicyclic) bond motifs is 4. The minimum Gasteiger partial charge on any atom is -0.383 e. The molecule has 8 heteroatoms. The Morgan fingerprint density at radius 2 is 1.78 bits per heavy atom. The lowest BCUT2D eigenvalue weighted by Crippen LogP contribution is -2.65. The smallest absolute Gasteiger partial charge is 0.383 e. The van der Waals surface area contributed by atoms with Crippen molar-refractivity contribution in [2.24, 2.45) is 17.3 Å². The molecular formula is C29H28F5NO2. The Morgan fingerprint density at radius 1 is 1.08 bits per heavy atom. The van der Waals surface area contributed by atoms with Gasteiger partial charge in [0.25, 0.3) is 0 Å². The Labute approximate surface area is 212 Å². The average Bonchev–Trinajstić information content (AvgIpc) is 3.13. The van der Waals surface area contributed by atoms with Crippen LogP contribution in [0.25, 0.3) is 6.08 Å². The highest BCUT2D eigenvalue weighted by molar-refractivity contribution is 5.93. The highest BCUT2D eigenvalue weighted by Gasteiger charge is 2.79. The number of allylic oxidation sites excluding steroid dienone is 5. The number of hydrogen-bond donors (Lipinski definition) is 1. The normalized spacial score (nSPS) is 34.1. The van der Waals surface area contributed by atoms with E-state index in [2.05, 4.69) is 0 Å². The van der Waals surface area contributed by atoms with Crippen molar-refractivity contribution in [2.75, 3.05) is 0 Å². The van der Waals surface area contributed by atoms with Gasteiger partial charge in [0.1, 0.15) is 5.60 Å². The van der Waals surface area contributed by atoms with Gasteiger partial charge in [0, 0.05) is 23.8 Å². The van der Waals surface area contributed by atoms with Gasteiger partial charge in [-0.25, -0.2) is 0 Å². The van der Waals surface area contributed by atoms with Gasteiger partial charge in [0.2, 0.25) is 0 Å². The van der Waals surface area contributed by atoms with Crippen LogP contribution >= 0.6 is 0 Å². The van der Waals surface area contributed by atoms with Crippen LogP contribution in [0.5, 0.6) is 0 Å². The number of rotatable bonds is 3. The topological polar surface area (TPSA) is 61.1 Å². The van der Waals surface area contributed by atoms with Crippen molar-refractivity contribution in [3.05, 3.63) is 64.3 Å². The van der Waals surface area contributed by atoms with Crippen molar-refractivity contribution in [3.8, 4) is 6.07 Å². The fourth-order valence-corrected chi connectivity index (χ4v) is 7.69. The van der Waals surface area contributed by atoms with Crippen molar-refractivity contribution in [3.63, 3.8) is 0 Å². The van der Waals surface area contributed by atoms with Gasteiger partial charge >= 0.3 is 12.1 Å². The maximum Gasteiger partial charge on any atom is 0.456 e. The van der Waals surface area contributed by atoms with E-state index in [1.54, 1.807) is 24.3 Å². The molecule has 0 heterocycles. The van der Waals surface area contributed by atoms with Crippen LogP contribution in [0.1, 0.15) is 68.9 Å². The first-order chi connectivity index (χ1) is 17.3. The second kappa shape index (κ2) is 8.62. The molecule has 2 saturated carbocycles. The van der Waals surface area contributed by atoms with E-state index in [-0.39, 0.29) is 24.5 Å². The van der Waals surface area contributed by atoms with Crippen LogP contribution in [-0.4, -0.2) is 28.6 Å². The fraction of sp³-hybridized carbons (Fsp3) is 0.517. The molecule has 3 unspecified atom stereocenters. The van der Waals surface area contributed by atoms with Gasteiger partial charge in [-0.2, -0.15) is 27.2 Å². The second-order valence-corrected chi connectivity index (χ2v) is 11.1.